The monoisotopic (exact) mass is 562 g/mol. The summed E-state index contributed by atoms with van der Waals surface area (Å²) in [5, 5.41) is 9.32. The summed E-state index contributed by atoms with van der Waals surface area (Å²) >= 11 is 0. The van der Waals surface area contributed by atoms with Gasteiger partial charge in [-0.25, -0.2) is 9.59 Å². The van der Waals surface area contributed by atoms with E-state index in [1.54, 1.807) is 27.9 Å². The minimum atomic E-state index is -1.67. The average molecular weight is 563 g/mol. The number of ether oxygens (including phenoxy) is 6. The fourth-order valence-electron chi connectivity index (χ4n) is 4.69. The van der Waals surface area contributed by atoms with E-state index in [0.717, 1.165) is 17.4 Å². The lowest BCUT2D eigenvalue weighted by atomic mass is 9.74. The molecule has 0 saturated carbocycles. The standard InChI is InChI=1S/C30H42O10/c1-8-22(38-19-20-10-12-23(35-5)13-11-20)18-24-16-21(17-27(34)36-6)28(39-26(33)9-2)30(37-7,40-24)29(3,4)15-14-25(31)32/h10-15,17,22,24,28H,8-9,16,18-19H2,1-7H3,(H,31,32)/b15-14+,21-17+/t22-,24?,28-,30+/m0/s1. The first-order chi connectivity index (χ1) is 18.9. The lowest BCUT2D eigenvalue weighted by molar-refractivity contribution is -0.338. The van der Waals surface area contributed by atoms with Crippen molar-refractivity contribution in [3.63, 3.8) is 0 Å². The van der Waals surface area contributed by atoms with Gasteiger partial charge in [0.1, 0.15) is 5.75 Å². The molecule has 1 aliphatic rings. The fraction of sp³-hybridized carbons (Fsp3) is 0.567. The van der Waals surface area contributed by atoms with E-state index >= 15 is 0 Å². The molecule has 1 aromatic rings. The zero-order valence-corrected chi connectivity index (χ0v) is 24.4. The molecular formula is C30H42O10. The molecule has 1 heterocycles. The van der Waals surface area contributed by atoms with Crippen LogP contribution in [0.5, 0.6) is 5.75 Å². The van der Waals surface area contributed by atoms with Gasteiger partial charge in [0.2, 0.25) is 5.79 Å². The Hall–Kier alpha value is -3.21. The van der Waals surface area contributed by atoms with Crippen LogP contribution in [0, 0.1) is 5.41 Å². The van der Waals surface area contributed by atoms with Crippen molar-refractivity contribution in [2.45, 2.75) is 84.1 Å². The van der Waals surface area contributed by atoms with E-state index in [4.69, 9.17) is 28.4 Å². The maximum atomic E-state index is 12.5. The predicted octanol–water partition coefficient (Wildman–Crippen LogP) is 4.60. The van der Waals surface area contributed by atoms with Crippen LogP contribution in [0.1, 0.15) is 58.9 Å². The Kier molecular flexibility index (Phi) is 12.4. The van der Waals surface area contributed by atoms with Crippen molar-refractivity contribution in [1.29, 1.82) is 0 Å². The topological polar surface area (TPSA) is 127 Å². The summed E-state index contributed by atoms with van der Waals surface area (Å²) in [6.45, 7) is 7.46. The van der Waals surface area contributed by atoms with Gasteiger partial charge in [-0.2, -0.15) is 0 Å². The molecule has 0 amide bonds. The molecule has 222 valence electrons. The highest BCUT2D eigenvalue weighted by atomic mass is 16.7. The number of carboxylic acid groups (broad SMARTS) is 1. The summed E-state index contributed by atoms with van der Waals surface area (Å²) in [6.07, 6.45) is 3.26. The van der Waals surface area contributed by atoms with Crippen molar-refractivity contribution in [2.24, 2.45) is 5.41 Å². The molecule has 10 nitrogen and oxygen atoms in total. The maximum Gasteiger partial charge on any atom is 0.330 e. The second-order valence-corrected chi connectivity index (χ2v) is 10.1. The van der Waals surface area contributed by atoms with Gasteiger partial charge in [0.15, 0.2) is 6.10 Å². The van der Waals surface area contributed by atoms with E-state index in [1.807, 2.05) is 31.2 Å². The number of methoxy groups -OCH3 is 3. The molecule has 4 atom stereocenters. The molecule has 1 aromatic carbocycles. The normalized spacial score (nSPS) is 23.1. The van der Waals surface area contributed by atoms with Crippen LogP contribution in [0.3, 0.4) is 0 Å². The number of carboxylic acids is 1. The predicted molar refractivity (Wildman–Crippen MR) is 147 cm³/mol. The van der Waals surface area contributed by atoms with Crippen LogP contribution >= 0.6 is 0 Å². The van der Waals surface area contributed by atoms with Gasteiger partial charge in [-0.05, 0) is 36.1 Å². The molecule has 1 fully saturated rings. The molecular weight excluding hydrogens is 520 g/mol. The van der Waals surface area contributed by atoms with Crippen molar-refractivity contribution >= 4 is 17.9 Å². The van der Waals surface area contributed by atoms with E-state index in [0.29, 0.717) is 25.0 Å². The van der Waals surface area contributed by atoms with E-state index in [9.17, 15) is 19.5 Å². The second kappa shape index (κ2) is 15.0. The number of benzene rings is 1. The maximum absolute atomic E-state index is 12.5. The molecule has 2 rings (SSSR count). The highest BCUT2D eigenvalue weighted by Crippen LogP contribution is 2.48. The van der Waals surface area contributed by atoms with Crippen LogP contribution in [-0.2, 0) is 44.7 Å². The third-order valence-corrected chi connectivity index (χ3v) is 7.00. The molecule has 1 N–H and O–H groups in total. The minimum absolute atomic E-state index is 0.0771. The summed E-state index contributed by atoms with van der Waals surface area (Å²) in [5.74, 6) is -3.22. The van der Waals surface area contributed by atoms with E-state index in [1.165, 1.54) is 26.4 Å². The molecule has 0 radical (unpaired) electrons. The Morgan fingerprint density at radius 1 is 1.15 bits per heavy atom. The van der Waals surface area contributed by atoms with Crippen molar-refractivity contribution < 1.29 is 47.9 Å². The number of hydrogen-bond acceptors (Lipinski definition) is 9. The number of hydrogen-bond donors (Lipinski definition) is 1. The smallest absolute Gasteiger partial charge is 0.330 e. The summed E-state index contributed by atoms with van der Waals surface area (Å²) in [7, 11) is 4.27. The number of rotatable bonds is 14. The van der Waals surface area contributed by atoms with Crippen LogP contribution < -0.4 is 4.74 Å². The highest BCUT2D eigenvalue weighted by molar-refractivity contribution is 5.83. The Morgan fingerprint density at radius 2 is 1.82 bits per heavy atom. The van der Waals surface area contributed by atoms with Crippen molar-refractivity contribution in [3.05, 3.63) is 53.6 Å². The quantitative estimate of drug-likeness (QED) is 0.254. The van der Waals surface area contributed by atoms with Crippen molar-refractivity contribution in [2.75, 3.05) is 21.3 Å². The molecule has 1 unspecified atom stereocenters. The Morgan fingerprint density at radius 3 is 2.35 bits per heavy atom. The van der Waals surface area contributed by atoms with Gasteiger partial charge in [0, 0.05) is 37.5 Å². The van der Waals surface area contributed by atoms with Gasteiger partial charge in [-0.1, -0.05) is 45.9 Å². The first-order valence-corrected chi connectivity index (χ1v) is 13.3. The largest absolute Gasteiger partial charge is 0.497 e. The lowest BCUT2D eigenvalue weighted by Crippen LogP contribution is -2.63. The summed E-state index contributed by atoms with van der Waals surface area (Å²) in [4.78, 5) is 36.3. The van der Waals surface area contributed by atoms with Crippen molar-refractivity contribution in [3.8, 4) is 5.75 Å². The molecule has 0 aromatic heterocycles. The van der Waals surface area contributed by atoms with Crippen LogP contribution in [0.25, 0.3) is 0 Å². The van der Waals surface area contributed by atoms with E-state index < -0.39 is 41.3 Å². The zero-order chi connectivity index (χ0) is 29.9. The molecule has 40 heavy (non-hydrogen) atoms. The molecule has 0 spiro atoms. The van der Waals surface area contributed by atoms with Crippen LogP contribution in [0.15, 0.2) is 48.1 Å². The Labute approximate surface area is 236 Å². The van der Waals surface area contributed by atoms with Gasteiger partial charge in [0.25, 0.3) is 0 Å². The van der Waals surface area contributed by atoms with Gasteiger partial charge in [-0.3, -0.25) is 4.79 Å². The van der Waals surface area contributed by atoms with Gasteiger partial charge < -0.3 is 33.5 Å². The third kappa shape index (κ3) is 8.39. The third-order valence-electron chi connectivity index (χ3n) is 7.00. The summed E-state index contributed by atoms with van der Waals surface area (Å²) in [6, 6.07) is 7.59. The zero-order valence-electron chi connectivity index (χ0n) is 24.4. The molecule has 0 bridgehead atoms. The molecule has 1 saturated heterocycles. The summed E-state index contributed by atoms with van der Waals surface area (Å²) < 4.78 is 34.7. The van der Waals surface area contributed by atoms with E-state index in [2.05, 4.69) is 0 Å². The molecule has 10 heteroatoms. The lowest BCUT2D eigenvalue weighted by Gasteiger charge is -2.53. The fourth-order valence-corrected chi connectivity index (χ4v) is 4.69. The van der Waals surface area contributed by atoms with Crippen LogP contribution in [0.2, 0.25) is 0 Å². The van der Waals surface area contributed by atoms with Crippen molar-refractivity contribution in [1.82, 2.24) is 0 Å². The second-order valence-electron chi connectivity index (χ2n) is 10.1. The molecule has 1 aliphatic heterocycles. The minimum Gasteiger partial charge on any atom is -0.497 e. The van der Waals surface area contributed by atoms with E-state index in [-0.39, 0.29) is 18.9 Å². The van der Waals surface area contributed by atoms with Gasteiger partial charge in [0.05, 0.1) is 33.0 Å². The number of carbonyl (C=O) groups excluding carboxylic acids is 2. The van der Waals surface area contributed by atoms with Gasteiger partial charge >= 0.3 is 17.9 Å². The Bertz CT molecular complexity index is 1060. The first-order valence-electron chi connectivity index (χ1n) is 13.3. The van der Waals surface area contributed by atoms with Gasteiger partial charge in [-0.15, -0.1) is 0 Å². The molecule has 0 aliphatic carbocycles. The SMILES string of the molecule is CCC(=O)O[C@H]1/C(=C/C(=O)OC)CC(C[C@H](CC)OCc2ccc(OC)cc2)O[C@@]1(OC)C(C)(C)/C=C/C(=O)O. The average Bonchev–Trinajstić information content (AvgIpc) is 2.95. The number of esters is 2. The summed E-state index contributed by atoms with van der Waals surface area (Å²) in [5.41, 5.74) is 0.291. The highest BCUT2D eigenvalue weighted by Gasteiger charge is 2.59. The van der Waals surface area contributed by atoms with Crippen LogP contribution in [0.4, 0.5) is 0 Å². The number of aliphatic carboxylic acids is 1. The van der Waals surface area contributed by atoms with Crippen LogP contribution in [-0.4, -0.2) is 68.4 Å². The first kappa shape index (κ1) is 33.0. The number of carbonyl (C=O) groups is 3. The Balaban J connectivity index is 2.46.